The van der Waals surface area contributed by atoms with E-state index in [2.05, 4.69) is 5.32 Å². The molecule has 3 rings (SSSR count). The van der Waals surface area contributed by atoms with Crippen LogP contribution in [-0.2, 0) is 10.3 Å². The first-order valence-electron chi connectivity index (χ1n) is 9.25. The molecule has 1 aliphatic heterocycles. The average molecular weight is 388 g/mol. The van der Waals surface area contributed by atoms with Crippen molar-refractivity contribution in [2.45, 2.75) is 31.7 Å². The van der Waals surface area contributed by atoms with E-state index < -0.39 is 17.4 Å². The van der Waals surface area contributed by atoms with Gasteiger partial charge in [-0.05, 0) is 48.4 Å². The standard InChI is InChI=1S/C21H22F2N2O3/c1-2-3-12-21(15-4-6-16(22)7-5-15)19(26)25(20(27)24-21)13-14-28-18-10-8-17(23)9-11-18/h4-11H,2-3,12-14H2,1H3,(H,24,27)/t21-/m0/s1. The highest BCUT2D eigenvalue weighted by Gasteiger charge is 2.51. The summed E-state index contributed by atoms with van der Waals surface area (Å²) in [6.07, 6.45) is 2.00. The first-order chi connectivity index (χ1) is 13.5. The van der Waals surface area contributed by atoms with Crippen molar-refractivity contribution in [3.8, 4) is 5.75 Å². The molecule has 0 aromatic heterocycles. The number of halogens is 2. The zero-order valence-corrected chi connectivity index (χ0v) is 15.6. The Kier molecular flexibility index (Phi) is 5.92. The Bertz CT molecular complexity index is 840. The molecule has 2 aromatic rings. The van der Waals surface area contributed by atoms with Crippen molar-refractivity contribution in [2.75, 3.05) is 13.2 Å². The highest BCUT2D eigenvalue weighted by Crippen LogP contribution is 2.34. The SMILES string of the molecule is CCCC[C@@]1(c2ccc(F)cc2)NC(=O)N(CCOc2ccc(F)cc2)C1=O. The van der Waals surface area contributed by atoms with E-state index in [-0.39, 0.29) is 24.9 Å². The topological polar surface area (TPSA) is 58.6 Å². The Balaban J connectivity index is 1.74. The van der Waals surface area contributed by atoms with Crippen LogP contribution in [0.5, 0.6) is 5.75 Å². The van der Waals surface area contributed by atoms with Gasteiger partial charge in [-0.15, -0.1) is 0 Å². The number of unbranched alkanes of at least 4 members (excludes halogenated alkanes) is 1. The second kappa shape index (κ2) is 8.37. The van der Waals surface area contributed by atoms with Gasteiger partial charge in [0.05, 0.1) is 6.54 Å². The first-order valence-corrected chi connectivity index (χ1v) is 9.25. The Morgan fingerprint density at radius 1 is 1.00 bits per heavy atom. The number of hydrogen-bond donors (Lipinski definition) is 1. The molecule has 1 fully saturated rings. The number of imide groups is 1. The molecule has 5 nitrogen and oxygen atoms in total. The second-order valence-corrected chi connectivity index (χ2v) is 6.71. The number of hydrogen-bond acceptors (Lipinski definition) is 3. The molecule has 1 aliphatic rings. The molecule has 1 heterocycles. The van der Waals surface area contributed by atoms with E-state index >= 15 is 0 Å². The monoisotopic (exact) mass is 388 g/mol. The van der Waals surface area contributed by atoms with E-state index in [1.54, 1.807) is 0 Å². The van der Waals surface area contributed by atoms with E-state index in [0.29, 0.717) is 17.7 Å². The summed E-state index contributed by atoms with van der Waals surface area (Å²) in [6.45, 7) is 2.13. The molecule has 148 valence electrons. The predicted octanol–water partition coefficient (Wildman–Crippen LogP) is 3.98. The number of rotatable bonds is 8. The molecule has 1 N–H and O–H groups in total. The lowest BCUT2D eigenvalue weighted by Gasteiger charge is -2.27. The molecule has 0 saturated carbocycles. The van der Waals surface area contributed by atoms with E-state index in [1.165, 1.54) is 48.5 Å². The summed E-state index contributed by atoms with van der Waals surface area (Å²) in [7, 11) is 0. The van der Waals surface area contributed by atoms with E-state index in [4.69, 9.17) is 4.74 Å². The fourth-order valence-electron chi connectivity index (χ4n) is 3.30. The lowest BCUT2D eigenvalue weighted by molar-refractivity contribution is -0.132. The van der Waals surface area contributed by atoms with Crippen LogP contribution in [-0.4, -0.2) is 30.0 Å². The summed E-state index contributed by atoms with van der Waals surface area (Å²) < 4.78 is 31.8. The van der Waals surface area contributed by atoms with E-state index in [0.717, 1.165) is 17.7 Å². The molecule has 2 aromatic carbocycles. The van der Waals surface area contributed by atoms with Gasteiger partial charge in [-0.25, -0.2) is 13.6 Å². The quantitative estimate of drug-likeness (QED) is 0.696. The molecular weight excluding hydrogens is 366 g/mol. The molecule has 1 atom stereocenters. The van der Waals surface area contributed by atoms with Crippen molar-refractivity contribution in [1.82, 2.24) is 10.2 Å². The van der Waals surface area contributed by atoms with Gasteiger partial charge in [0.2, 0.25) is 0 Å². The van der Waals surface area contributed by atoms with Crippen molar-refractivity contribution in [2.24, 2.45) is 0 Å². The van der Waals surface area contributed by atoms with Crippen LogP contribution in [0.3, 0.4) is 0 Å². The zero-order chi connectivity index (χ0) is 20.1. The van der Waals surface area contributed by atoms with Gasteiger partial charge in [0.15, 0.2) is 0 Å². The molecule has 0 bridgehead atoms. The maximum Gasteiger partial charge on any atom is 0.325 e. The Morgan fingerprint density at radius 2 is 1.61 bits per heavy atom. The molecule has 1 saturated heterocycles. The Hall–Kier alpha value is -2.96. The molecule has 0 aliphatic carbocycles. The van der Waals surface area contributed by atoms with Crippen LogP contribution in [0.2, 0.25) is 0 Å². The van der Waals surface area contributed by atoms with Gasteiger partial charge < -0.3 is 10.1 Å². The lowest BCUT2D eigenvalue weighted by atomic mass is 9.85. The lowest BCUT2D eigenvalue weighted by Crippen LogP contribution is -2.44. The van der Waals surface area contributed by atoms with Gasteiger partial charge >= 0.3 is 6.03 Å². The number of ether oxygens (including phenoxy) is 1. The minimum absolute atomic E-state index is 0.0527. The number of amides is 3. The molecule has 28 heavy (non-hydrogen) atoms. The van der Waals surface area contributed by atoms with Gasteiger partial charge in [-0.1, -0.05) is 31.9 Å². The van der Waals surface area contributed by atoms with Crippen LogP contribution in [0.1, 0.15) is 31.7 Å². The van der Waals surface area contributed by atoms with Gasteiger partial charge in [0, 0.05) is 0 Å². The molecule has 3 amide bonds. The van der Waals surface area contributed by atoms with Crippen LogP contribution in [0, 0.1) is 11.6 Å². The molecule has 0 spiro atoms. The Labute approximate surface area is 162 Å². The molecule has 0 unspecified atom stereocenters. The van der Waals surface area contributed by atoms with Crippen LogP contribution in [0.4, 0.5) is 13.6 Å². The third kappa shape index (κ3) is 3.98. The van der Waals surface area contributed by atoms with Gasteiger partial charge in [0.25, 0.3) is 5.91 Å². The highest BCUT2D eigenvalue weighted by molar-refractivity contribution is 6.07. The summed E-state index contributed by atoms with van der Waals surface area (Å²) in [6, 6.07) is 10.6. The van der Waals surface area contributed by atoms with Gasteiger partial charge in [-0.3, -0.25) is 9.69 Å². The highest BCUT2D eigenvalue weighted by atomic mass is 19.1. The van der Waals surface area contributed by atoms with E-state index in [1.807, 2.05) is 6.92 Å². The van der Waals surface area contributed by atoms with Crippen LogP contribution in [0.15, 0.2) is 48.5 Å². The number of carbonyl (C=O) groups excluding carboxylic acids is 2. The van der Waals surface area contributed by atoms with Crippen molar-refractivity contribution in [1.29, 1.82) is 0 Å². The largest absolute Gasteiger partial charge is 0.492 e. The van der Waals surface area contributed by atoms with Crippen LogP contribution < -0.4 is 10.1 Å². The first kappa shape index (κ1) is 19.8. The summed E-state index contributed by atoms with van der Waals surface area (Å²) in [5, 5.41) is 2.80. The zero-order valence-electron chi connectivity index (χ0n) is 15.6. The fourth-order valence-corrected chi connectivity index (χ4v) is 3.30. The summed E-state index contributed by atoms with van der Waals surface area (Å²) in [5.74, 6) is -0.707. The van der Waals surface area contributed by atoms with Crippen molar-refractivity contribution < 1.29 is 23.1 Å². The summed E-state index contributed by atoms with van der Waals surface area (Å²) in [4.78, 5) is 26.8. The van der Waals surface area contributed by atoms with Crippen LogP contribution in [0.25, 0.3) is 0 Å². The van der Waals surface area contributed by atoms with Crippen molar-refractivity contribution in [3.05, 3.63) is 65.7 Å². The average Bonchev–Trinajstić information content (AvgIpc) is 2.93. The third-order valence-electron chi connectivity index (χ3n) is 4.82. The number of carbonyl (C=O) groups is 2. The number of nitrogens with zero attached hydrogens (tertiary/aromatic N) is 1. The number of benzene rings is 2. The van der Waals surface area contributed by atoms with Crippen LogP contribution >= 0.6 is 0 Å². The second-order valence-electron chi connectivity index (χ2n) is 6.71. The normalized spacial score (nSPS) is 19.0. The smallest absolute Gasteiger partial charge is 0.325 e. The summed E-state index contributed by atoms with van der Waals surface area (Å²) in [5.41, 5.74) is -0.640. The maximum atomic E-state index is 13.3. The van der Waals surface area contributed by atoms with Crippen molar-refractivity contribution >= 4 is 11.9 Å². The van der Waals surface area contributed by atoms with Crippen molar-refractivity contribution in [3.63, 3.8) is 0 Å². The minimum Gasteiger partial charge on any atom is -0.492 e. The minimum atomic E-state index is -1.20. The van der Waals surface area contributed by atoms with Gasteiger partial charge in [0.1, 0.15) is 29.5 Å². The van der Waals surface area contributed by atoms with Gasteiger partial charge in [-0.2, -0.15) is 0 Å². The molecule has 7 heteroatoms. The number of urea groups is 1. The third-order valence-corrected chi connectivity index (χ3v) is 4.82. The number of nitrogens with one attached hydrogen (secondary N) is 1. The Morgan fingerprint density at radius 3 is 2.21 bits per heavy atom. The molecule has 0 radical (unpaired) electrons. The summed E-state index contributed by atoms with van der Waals surface area (Å²) >= 11 is 0. The van der Waals surface area contributed by atoms with E-state index in [9.17, 15) is 18.4 Å². The predicted molar refractivity (Wildman–Crippen MR) is 99.7 cm³/mol. The molecular formula is C21H22F2N2O3. The maximum absolute atomic E-state index is 13.3. The fraction of sp³-hybridized carbons (Fsp3) is 0.333.